The lowest BCUT2D eigenvalue weighted by molar-refractivity contribution is -0.148. The van der Waals surface area contributed by atoms with Gasteiger partial charge in [-0.25, -0.2) is 4.79 Å². The van der Waals surface area contributed by atoms with Crippen molar-refractivity contribution in [3.05, 3.63) is 11.5 Å². The van der Waals surface area contributed by atoms with E-state index in [9.17, 15) is 15.0 Å². The van der Waals surface area contributed by atoms with Crippen LogP contribution in [0.5, 0.6) is 0 Å². The predicted octanol–water partition coefficient (Wildman–Crippen LogP) is 1.02. The Morgan fingerprint density at radius 2 is 2.00 bits per heavy atom. The van der Waals surface area contributed by atoms with E-state index in [4.69, 9.17) is 14.6 Å². The second-order valence-electron chi connectivity index (χ2n) is 4.55. The molecule has 0 aromatic heterocycles. The lowest BCUT2D eigenvalue weighted by atomic mass is 10.1. The monoisotopic (exact) mass is 274 g/mol. The van der Waals surface area contributed by atoms with Gasteiger partial charge < -0.3 is 24.8 Å². The van der Waals surface area contributed by atoms with Gasteiger partial charge in [-0.2, -0.15) is 0 Å². The lowest BCUT2D eigenvalue weighted by Crippen LogP contribution is -2.32. The van der Waals surface area contributed by atoms with Crippen molar-refractivity contribution in [1.82, 2.24) is 0 Å². The summed E-state index contributed by atoms with van der Waals surface area (Å²) < 4.78 is 10.1. The van der Waals surface area contributed by atoms with Gasteiger partial charge in [0.1, 0.15) is 6.10 Å². The molecular weight excluding hydrogens is 252 g/mol. The van der Waals surface area contributed by atoms with Crippen molar-refractivity contribution in [2.75, 3.05) is 13.2 Å². The highest BCUT2D eigenvalue weighted by Crippen LogP contribution is 2.25. The molecule has 0 bridgehead atoms. The van der Waals surface area contributed by atoms with E-state index < -0.39 is 30.5 Å². The highest BCUT2D eigenvalue weighted by Gasteiger charge is 2.40. The van der Waals surface area contributed by atoms with Crippen molar-refractivity contribution in [1.29, 1.82) is 0 Å². The largest absolute Gasteiger partial charge is 0.499 e. The molecule has 2 atom stereocenters. The van der Waals surface area contributed by atoms with Gasteiger partial charge in [-0.3, -0.25) is 0 Å². The van der Waals surface area contributed by atoms with E-state index in [1.54, 1.807) is 0 Å². The first-order chi connectivity index (χ1) is 9.11. The maximum atomic E-state index is 11.2. The van der Waals surface area contributed by atoms with E-state index in [0.717, 1.165) is 25.7 Å². The van der Waals surface area contributed by atoms with Crippen molar-refractivity contribution in [3.8, 4) is 0 Å². The summed E-state index contributed by atoms with van der Waals surface area (Å²) in [7, 11) is 0. The topological polar surface area (TPSA) is 96.2 Å². The Bertz CT molecular complexity index is 325. The first kappa shape index (κ1) is 15.8. The fourth-order valence-corrected chi connectivity index (χ4v) is 1.85. The van der Waals surface area contributed by atoms with Crippen LogP contribution in [-0.2, 0) is 14.3 Å². The molecule has 6 nitrogen and oxygen atoms in total. The van der Waals surface area contributed by atoms with Crippen molar-refractivity contribution in [2.24, 2.45) is 0 Å². The zero-order valence-electron chi connectivity index (χ0n) is 11.2. The summed E-state index contributed by atoms with van der Waals surface area (Å²) in [6, 6.07) is 0. The standard InChI is InChI=1S/C13H22O6/c1-2-3-4-5-6-7-18-12-10(16)13(17)19-11(12)9(15)8-14/h9,11,14-16H,2-8H2,1H3/t9-,11+/m0/s1. The summed E-state index contributed by atoms with van der Waals surface area (Å²) in [5, 5.41) is 27.8. The number of hydrogen-bond acceptors (Lipinski definition) is 6. The van der Waals surface area contributed by atoms with E-state index in [2.05, 4.69) is 6.92 Å². The number of unbranched alkanes of at least 4 members (excludes halogenated alkanes) is 4. The van der Waals surface area contributed by atoms with Gasteiger partial charge in [0.15, 0.2) is 11.9 Å². The SMILES string of the molecule is CCCCCCCOC1=C(O)C(=O)O[C@@H]1[C@@H](O)CO. The fraction of sp³-hybridized carbons (Fsp3) is 0.769. The summed E-state index contributed by atoms with van der Waals surface area (Å²) in [6.07, 6.45) is 2.83. The zero-order chi connectivity index (χ0) is 14.3. The van der Waals surface area contributed by atoms with Crippen molar-refractivity contribution in [2.45, 2.75) is 51.2 Å². The van der Waals surface area contributed by atoms with Crippen molar-refractivity contribution >= 4 is 5.97 Å². The van der Waals surface area contributed by atoms with E-state index in [1.165, 1.54) is 6.42 Å². The maximum absolute atomic E-state index is 11.2. The Balaban J connectivity index is 2.42. The first-order valence-electron chi connectivity index (χ1n) is 6.67. The van der Waals surface area contributed by atoms with Gasteiger partial charge >= 0.3 is 5.97 Å². The van der Waals surface area contributed by atoms with E-state index >= 15 is 0 Å². The molecular formula is C13H22O6. The molecule has 110 valence electrons. The molecule has 1 rings (SSSR count). The van der Waals surface area contributed by atoms with Gasteiger partial charge in [0, 0.05) is 0 Å². The van der Waals surface area contributed by atoms with Gasteiger partial charge in [0.25, 0.3) is 0 Å². The molecule has 1 aliphatic rings. The van der Waals surface area contributed by atoms with Gasteiger partial charge in [0.2, 0.25) is 5.76 Å². The molecule has 0 aromatic carbocycles. The molecule has 0 saturated carbocycles. The third kappa shape index (κ3) is 4.40. The molecule has 0 aromatic rings. The summed E-state index contributed by atoms with van der Waals surface area (Å²) in [4.78, 5) is 11.2. The van der Waals surface area contributed by atoms with Crippen LogP contribution >= 0.6 is 0 Å². The highest BCUT2D eigenvalue weighted by atomic mass is 16.6. The average Bonchev–Trinajstić information content (AvgIpc) is 2.69. The van der Waals surface area contributed by atoms with Gasteiger partial charge in [-0.1, -0.05) is 32.6 Å². The second kappa shape index (κ2) is 8.01. The number of carbonyl (C=O) groups is 1. The Labute approximate surface area is 112 Å². The van der Waals surface area contributed by atoms with Crippen LogP contribution in [0.2, 0.25) is 0 Å². The number of esters is 1. The third-order valence-corrected chi connectivity index (χ3v) is 2.96. The molecule has 0 fully saturated rings. The Morgan fingerprint density at radius 3 is 2.63 bits per heavy atom. The number of cyclic esters (lactones) is 1. The third-order valence-electron chi connectivity index (χ3n) is 2.96. The Hall–Kier alpha value is -1.27. The second-order valence-corrected chi connectivity index (χ2v) is 4.55. The lowest BCUT2D eigenvalue weighted by Gasteiger charge is -2.18. The van der Waals surface area contributed by atoms with E-state index in [-0.39, 0.29) is 5.76 Å². The summed E-state index contributed by atoms with van der Waals surface area (Å²) >= 11 is 0. The molecule has 0 spiro atoms. The molecule has 19 heavy (non-hydrogen) atoms. The molecule has 0 amide bonds. The summed E-state index contributed by atoms with van der Waals surface area (Å²) in [5.74, 6) is -1.63. The number of hydrogen-bond donors (Lipinski definition) is 3. The minimum absolute atomic E-state index is 0.0814. The average molecular weight is 274 g/mol. The van der Waals surface area contributed by atoms with E-state index in [1.807, 2.05) is 0 Å². The van der Waals surface area contributed by atoms with E-state index in [0.29, 0.717) is 6.61 Å². The van der Waals surface area contributed by atoms with Crippen LogP contribution in [0.4, 0.5) is 0 Å². The predicted molar refractivity (Wildman–Crippen MR) is 67.3 cm³/mol. The smallest absolute Gasteiger partial charge is 0.378 e. The van der Waals surface area contributed by atoms with Crippen molar-refractivity contribution in [3.63, 3.8) is 0 Å². The summed E-state index contributed by atoms with van der Waals surface area (Å²) in [5.41, 5.74) is 0. The highest BCUT2D eigenvalue weighted by molar-refractivity contribution is 5.89. The number of rotatable bonds is 9. The first-order valence-corrected chi connectivity index (χ1v) is 6.67. The molecule has 6 heteroatoms. The van der Waals surface area contributed by atoms with Crippen LogP contribution < -0.4 is 0 Å². The molecule has 3 N–H and O–H groups in total. The molecule has 1 aliphatic heterocycles. The summed E-state index contributed by atoms with van der Waals surface area (Å²) in [6.45, 7) is 1.89. The molecule has 0 saturated heterocycles. The van der Waals surface area contributed by atoms with Gasteiger partial charge in [-0.15, -0.1) is 0 Å². The number of carbonyl (C=O) groups excluding carboxylic acids is 1. The van der Waals surface area contributed by atoms with Crippen LogP contribution in [0, 0.1) is 0 Å². The quantitative estimate of drug-likeness (QED) is 0.429. The molecule has 0 unspecified atom stereocenters. The Kier molecular flexibility index (Phi) is 6.66. The van der Waals surface area contributed by atoms with Crippen LogP contribution in [0.15, 0.2) is 11.5 Å². The van der Waals surface area contributed by atoms with Crippen LogP contribution in [-0.4, -0.2) is 46.7 Å². The number of ether oxygens (including phenoxy) is 2. The zero-order valence-corrected chi connectivity index (χ0v) is 11.2. The molecule has 0 aliphatic carbocycles. The maximum Gasteiger partial charge on any atom is 0.378 e. The molecule has 1 heterocycles. The van der Waals surface area contributed by atoms with Crippen molar-refractivity contribution < 1.29 is 29.6 Å². The fourth-order valence-electron chi connectivity index (χ4n) is 1.85. The Morgan fingerprint density at radius 1 is 1.32 bits per heavy atom. The van der Waals surface area contributed by atoms with Gasteiger partial charge in [-0.05, 0) is 6.42 Å². The normalized spacial score (nSPS) is 20.6. The van der Waals surface area contributed by atoms with Crippen LogP contribution in [0.3, 0.4) is 0 Å². The number of aliphatic hydroxyl groups excluding tert-OH is 3. The minimum atomic E-state index is -1.29. The van der Waals surface area contributed by atoms with Crippen LogP contribution in [0.1, 0.15) is 39.0 Å². The van der Waals surface area contributed by atoms with Gasteiger partial charge in [0.05, 0.1) is 13.2 Å². The number of aliphatic hydroxyl groups is 3. The van der Waals surface area contributed by atoms with Crippen LogP contribution in [0.25, 0.3) is 0 Å². The molecule has 0 radical (unpaired) electrons. The minimum Gasteiger partial charge on any atom is -0.499 e.